The van der Waals surface area contributed by atoms with E-state index in [0.717, 1.165) is 11.3 Å². The van der Waals surface area contributed by atoms with Gasteiger partial charge in [0.1, 0.15) is 0 Å². The molecule has 6 heteroatoms. The number of nitrogens with zero attached hydrogens (tertiary/aromatic N) is 1. The maximum Gasteiger partial charge on any atom is 0.331 e. The highest BCUT2D eigenvalue weighted by molar-refractivity contribution is 7.13. The number of nitro groups is 1. The smallest absolute Gasteiger partial charge is 0.331 e. The van der Waals surface area contributed by atoms with E-state index in [4.69, 9.17) is 5.11 Å². The Morgan fingerprint density at radius 3 is 2.79 bits per heavy atom. The van der Waals surface area contributed by atoms with E-state index >= 15 is 0 Å². The minimum atomic E-state index is -1.03. The number of carboxylic acid groups (broad SMARTS) is 1. The second kappa shape index (κ2) is 4.01. The Bertz CT molecular complexity index is 407. The first kappa shape index (κ1) is 10.4. The molecule has 1 heterocycles. The van der Waals surface area contributed by atoms with Gasteiger partial charge in [-0.3, -0.25) is 10.1 Å². The zero-order valence-corrected chi connectivity index (χ0v) is 8.08. The van der Waals surface area contributed by atoms with Crippen LogP contribution in [0.2, 0.25) is 0 Å². The fourth-order valence-corrected chi connectivity index (χ4v) is 1.51. The van der Waals surface area contributed by atoms with Crippen LogP contribution < -0.4 is 0 Å². The molecule has 1 N–H and O–H groups in total. The van der Waals surface area contributed by atoms with Crippen LogP contribution in [0.25, 0.3) is 6.08 Å². The topological polar surface area (TPSA) is 80.4 Å². The van der Waals surface area contributed by atoms with Gasteiger partial charge < -0.3 is 5.11 Å². The predicted octanol–water partition coefficient (Wildman–Crippen LogP) is 2.14. The van der Waals surface area contributed by atoms with Crippen molar-refractivity contribution >= 4 is 28.4 Å². The van der Waals surface area contributed by atoms with Crippen LogP contribution in [0.4, 0.5) is 5.00 Å². The summed E-state index contributed by atoms with van der Waals surface area (Å²) in [6.45, 7) is 1.44. The van der Waals surface area contributed by atoms with Crippen molar-refractivity contribution in [2.24, 2.45) is 0 Å². The summed E-state index contributed by atoms with van der Waals surface area (Å²) in [5.41, 5.74) is 0.694. The number of thiophene rings is 1. The fraction of sp³-hybridized carbons (Fsp3) is 0.125. The van der Waals surface area contributed by atoms with E-state index in [2.05, 4.69) is 0 Å². The molecule has 0 aliphatic rings. The molecule has 0 bridgehead atoms. The lowest BCUT2D eigenvalue weighted by Crippen LogP contribution is -1.94. The van der Waals surface area contributed by atoms with Gasteiger partial charge in [-0.2, -0.15) is 0 Å². The maximum atomic E-state index is 10.4. The molecule has 0 aliphatic heterocycles. The van der Waals surface area contributed by atoms with Crippen molar-refractivity contribution < 1.29 is 14.8 Å². The van der Waals surface area contributed by atoms with Crippen LogP contribution >= 0.6 is 11.3 Å². The molecule has 74 valence electrons. The third kappa shape index (κ3) is 2.40. The average molecular weight is 213 g/mol. The van der Waals surface area contributed by atoms with E-state index in [0.29, 0.717) is 5.56 Å². The molecule has 5 nitrogen and oxygen atoms in total. The molecular formula is C8H7NO4S. The molecular weight excluding hydrogens is 206 g/mol. The summed E-state index contributed by atoms with van der Waals surface area (Å²) < 4.78 is 0. The zero-order chi connectivity index (χ0) is 10.7. The Balaban J connectivity index is 2.93. The van der Waals surface area contributed by atoms with Gasteiger partial charge in [0.05, 0.1) is 4.92 Å². The van der Waals surface area contributed by atoms with Gasteiger partial charge in [0.2, 0.25) is 0 Å². The molecule has 1 rings (SSSR count). The van der Waals surface area contributed by atoms with Gasteiger partial charge in [-0.25, -0.2) is 4.79 Å². The lowest BCUT2D eigenvalue weighted by atomic mass is 10.2. The normalized spacial score (nSPS) is 11.4. The summed E-state index contributed by atoms with van der Waals surface area (Å²) in [6.07, 6.45) is 1.39. The van der Waals surface area contributed by atoms with Crippen LogP contribution in [-0.2, 0) is 4.79 Å². The van der Waals surface area contributed by atoms with E-state index in [1.807, 2.05) is 0 Å². The number of aliphatic carboxylic acids is 1. The van der Waals surface area contributed by atoms with Gasteiger partial charge in [0.15, 0.2) is 0 Å². The Labute approximate surface area is 83.5 Å². The summed E-state index contributed by atoms with van der Waals surface area (Å²) in [7, 11) is 0. The summed E-state index contributed by atoms with van der Waals surface area (Å²) in [5, 5.41) is 20.4. The van der Waals surface area contributed by atoms with Crippen LogP contribution in [0.1, 0.15) is 12.5 Å². The Morgan fingerprint density at radius 1 is 1.71 bits per heavy atom. The molecule has 1 aromatic heterocycles. The minimum Gasteiger partial charge on any atom is -0.478 e. The van der Waals surface area contributed by atoms with Gasteiger partial charge in [-0.15, -0.1) is 0 Å². The molecule has 0 saturated heterocycles. The van der Waals surface area contributed by atoms with Crippen molar-refractivity contribution in [2.75, 3.05) is 0 Å². The first-order chi connectivity index (χ1) is 6.50. The highest BCUT2D eigenvalue weighted by Gasteiger charge is 2.09. The van der Waals surface area contributed by atoms with Gasteiger partial charge >= 0.3 is 11.0 Å². The summed E-state index contributed by atoms with van der Waals surface area (Å²) >= 11 is 0.975. The van der Waals surface area contributed by atoms with Gasteiger partial charge in [-0.05, 0) is 18.6 Å². The van der Waals surface area contributed by atoms with Crippen molar-refractivity contribution in [3.05, 3.63) is 32.7 Å². The molecule has 0 saturated carbocycles. The second-order valence-corrected chi connectivity index (χ2v) is 3.50. The zero-order valence-electron chi connectivity index (χ0n) is 7.26. The van der Waals surface area contributed by atoms with Crippen LogP contribution in [0.3, 0.4) is 0 Å². The predicted molar refractivity (Wildman–Crippen MR) is 52.3 cm³/mol. The molecule has 0 radical (unpaired) electrons. The molecule has 0 aliphatic carbocycles. The van der Waals surface area contributed by atoms with Crippen molar-refractivity contribution in [3.63, 3.8) is 0 Å². The summed E-state index contributed by atoms with van der Waals surface area (Å²) in [4.78, 5) is 20.3. The van der Waals surface area contributed by atoms with E-state index in [-0.39, 0.29) is 10.6 Å². The molecule has 14 heavy (non-hydrogen) atoms. The van der Waals surface area contributed by atoms with Crippen molar-refractivity contribution in [2.45, 2.75) is 6.92 Å². The molecule has 0 fully saturated rings. The lowest BCUT2D eigenvalue weighted by Gasteiger charge is -1.89. The van der Waals surface area contributed by atoms with Gasteiger partial charge in [0.25, 0.3) is 0 Å². The summed E-state index contributed by atoms with van der Waals surface area (Å²) in [6, 6.07) is 1.34. The fourth-order valence-electron chi connectivity index (χ4n) is 0.822. The number of rotatable bonds is 3. The standard InChI is InChI=1S/C8H7NO4S/c1-5(8(10)11)2-6-3-7(9(12)13)14-4-6/h2-4H,1H3,(H,10,11)/b5-2+. The largest absolute Gasteiger partial charge is 0.478 e. The SMILES string of the molecule is C/C(=C\c1csc([N+](=O)[O-])c1)C(=O)O. The van der Waals surface area contributed by atoms with Crippen LogP contribution in [0.5, 0.6) is 0 Å². The molecule has 0 amide bonds. The quantitative estimate of drug-likeness (QED) is 0.474. The molecule has 0 unspecified atom stereocenters. The Hall–Kier alpha value is -1.69. The number of carbonyl (C=O) groups is 1. The molecule has 0 atom stereocenters. The second-order valence-electron chi connectivity index (χ2n) is 2.61. The van der Waals surface area contributed by atoms with Gasteiger partial charge in [-0.1, -0.05) is 11.3 Å². The summed E-state index contributed by atoms with van der Waals surface area (Å²) in [5.74, 6) is -1.03. The Kier molecular flexibility index (Phi) is 2.98. The minimum absolute atomic E-state index is 0.00874. The van der Waals surface area contributed by atoms with Crippen LogP contribution in [-0.4, -0.2) is 16.0 Å². The monoisotopic (exact) mass is 213 g/mol. The van der Waals surface area contributed by atoms with E-state index in [9.17, 15) is 14.9 Å². The molecule has 1 aromatic rings. The Morgan fingerprint density at radius 2 is 2.36 bits per heavy atom. The highest BCUT2D eigenvalue weighted by atomic mass is 32.1. The van der Waals surface area contributed by atoms with Crippen molar-refractivity contribution in [1.29, 1.82) is 0 Å². The number of hydrogen-bond acceptors (Lipinski definition) is 4. The van der Waals surface area contributed by atoms with E-state index in [1.165, 1.54) is 19.1 Å². The first-order valence-corrected chi connectivity index (χ1v) is 4.53. The average Bonchev–Trinajstić information content (AvgIpc) is 2.52. The van der Waals surface area contributed by atoms with Crippen molar-refractivity contribution in [3.8, 4) is 0 Å². The van der Waals surface area contributed by atoms with Gasteiger partial charge in [0, 0.05) is 17.0 Å². The molecule has 0 aromatic carbocycles. The lowest BCUT2D eigenvalue weighted by molar-refractivity contribution is -0.380. The maximum absolute atomic E-state index is 10.4. The number of hydrogen-bond donors (Lipinski definition) is 1. The van der Waals surface area contributed by atoms with Crippen LogP contribution in [0, 0.1) is 10.1 Å². The number of carboxylic acids is 1. The van der Waals surface area contributed by atoms with Crippen LogP contribution in [0.15, 0.2) is 17.0 Å². The highest BCUT2D eigenvalue weighted by Crippen LogP contribution is 2.24. The van der Waals surface area contributed by atoms with E-state index < -0.39 is 10.9 Å². The third-order valence-corrected chi connectivity index (χ3v) is 2.40. The van der Waals surface area contributed by atoms with Crippen molar-refractivity contribution in [1.82, 2.24) is 0 Å². The van der Waals surface area contributed by atoms with E-state index in [1.54, 1.807) is 5.38 Å². The molecule has 0 spiro atoms. The first-order valence-electron chi connectivity index (χ1n) is 3.65. The third-order valence-electron chi connectivity index (χ3n) is 1.51.